The van der Waals surface area contributed by atoms with Crippen molar-refractivity contribution in [2.45, 2.75) is 95.4 Å². The first-order chi connectivity index (χ1) is 29.5. The largest absolute Gasteiger partial charge is 0.480 e. The highest BCUT2D eigenvalue weighted by Crippen LogP contribution is 2.48. The molecular formula is C49H60N4O7S2. The zero-order chi connectivity index (χ0) is 45.0. The average Bonchev–Trinajstić information content (AvgIpc) is 3.24. The number of aliphatic carboxylic acids is 1. The molecule has 0 spiro atoms. The molecule has 0 saturated heterocycles. The second kappa shape index (κ2) is 21.7. The number of amides is 4. The van der Waals surface area contributed by atoms with Crippen molar-refractivity contribution in [1.29, 1.82) is 0 Å². The SMILES string of the molecule is CSCC[C@H](NC(=O)[C@@H]1Cc2ccccc2CN1C(=O)[C@H](C(C)C)N(C[C@H](CSC(c1ccccc1)(c1ccccc1)c1ccccc1)NC(=O)OC(C)(C)C)C(C)=O)C(=O)O. The van der Waals surface area contributed by atoms with Crippen molar-refractivity contribution in [1.82, 2.24) is 20.4 Å². The molecule has 0 unspecified atom stereocenters. The van der Waals surface area contributed by atoms with E-state index in [0.717, 1.165) is 27.8 Å². The third kappa shape index (κ3) is 12.0. The van der Waals surface area contributed by atoms with Crippen molar-refractivity contribution in [2.24, 2.45) is 5.92 Å². The van der Waals surface area contributed by atoms with Crippen LogP contribution >= 0.6 is 23.5 Å². The van der Waals surface area contributed by atoms with Gasteiger partial charge in [0.05, 0.1) is 10.8 Å². The Morgan fingerprint density at radius 1 is 0.806 bits per heavy atom. The minimum atomic E-state index is -1.15. The van der Waals surface area contributed by atoms with Gasteiger partial charge in [0.25, 0.3) is 0 Å². The summed E-state index contributed by atoms with van der Waals surface area (Å²) in [4.78, 5) is 72.2. The molecule has 4 amide bonds. The molecule has 0 aliphatic carbocycles. The highest BCUT2D eigenvalue weighted by atomic mass is 32.2. The number of nitrogens with one attached hydrogen (secondary N) is 2. The minimum Gasteiger partial charge on any atom is -0.480 e. The van der Waals surface area contributed by atoms with E-state index < -0.39 is 64.3 Å². The molecule has 1 aliphatic heterocycles. The number of carboxylic acid groups (broad SMARTS) is 1. The number of carbonyl (C=O) groups excluding carboxylic acids is 4. The number of carbonyl (C=O) groups is 5. The summed E-state index contributed by atoms with van der Waals surface area (Å²) < 4.78 is 5.02. The summed E-state index contributed by atoms with van der Waals surface area (Å²) in [6.07, 6.45) is 1.59. The molecule has 11 nitrogen and oxygen atoms in total. The predicted octanol–water partition coefficient (Wildman–Crippen LogP) is 7.75. The van der Waals surface area contributed by atoms with Gasteiger partial charge in [-0.2, -0.15) is 11.8 Å². The van der Waals surface area contributed by atoms with Crippen LogP contribution in [0.2, 0.25) is 0 Å². The van der Waals surface area contributed by atoms with Gasteiger partial charge < -0.3 is 30.3 Å². The van der Waals surface area contributed by atoms with E-state index in [0.29, 0.717) is 5.75 Å². The van der Waals surface area contributed by atoms with Crippen LogP contribution in [-0.4, -0.2) is 98.8 Å². The molecule has 1 heterocycles. The van der Waals surface area contributed by atoms with Crippen LogP contribution in [-0.2, 0) is 41.6 Å². The van der Waals surface area contributed by atoms with Crippen molar-refractivity contribution in [2.75, 3.05) is 24.3 Å². The van der Waals surface area contributed by atoms with Gasteiger partial charge >= 0.3 is 12.1 Å². The molecule has 0 aromatic heterocycles. The van der Waals surface area contributed by atoms with Crippen molar-refractivity contribution in [3.8, 4) is 0 Å². The van der Waals surface area contributed by atoms with E-state index in [2.05, 4.69) is 47.0 Å². The lowest BCUT2D eigenvalue weighted by molar-refractivity contribution is -0.153. The zero-order valence-electron chi connectivity index (χ0n) is 36.7. The normalized spacial score (nSPS) is 15.4. The molecule has 62 heavy (non-hydrogen) atoms. The van der Waals surface area contributed by atoms with Gasteiger partial charge in [-0.1, -0.05) is 129 Å². The smallest absolute Gasteiger partial charge is 0.407 e. The van der Waals surface area contributed by atoms with Crippen LogP contribution in [0, 0.1) is 5.92 Å². The van der Waals surface area contributed by atoms with Crippen LogP contribution in [0.3, 0.4) is 0 Å². The first kappa shape index (κ1) is 47.8. The van der Waals surface area contributed by atoms with E-state index in [1.165, 1.54) is 28.5 Å². The number of fused-ring (bicyclic) bond motifs is 1. The van der Waals surface area contributed by atoms with Crippen molar-refractivity contribution in [3.63, 3.8) is 0 Å². The third-order valence-corrected chi connectivity index (χ3v) is 13.2. The Hall–Kier alpha value is -5.27. The fourth-order valence-electron chi connectivity index (χ4n) is 7.98. The molecule has 0 fully saturated rings. The number of rotatable bonds is 18. The summed E-state index contributed by atoms with van der Waals surface area (Å²) in [5.74, 6) is -2.17. The molecule has 0 radical (unpaired) electrons. The lowest BCUT2D eigenvalue weighted by atomic mass is 9.84. The van der Waals surface area contributed by atoms with Gasteiger partial charge in [-0.15, -0.1) is 11.8 Å². The van der Waals surface area contributed by atoms with E-state index in [1.54, 1.807) is 32.5 Å². The Morgan fingerprint density at radius 2 is 1.32 bits per heavy atom. The molecule has 13 heteroatoms. The molecule has 1 aliphatic rings. The van der Waals surface area contributed by atoms with Crippen molar-refractivity contribution >= 4 is 53.3 Å². The molecule has 0 bridgehead atoms. The first-order valence-corrected chi connectivity index (χ1v) is 23.4. The van der Waals surface area contributed by atoms with Gasteiger partial charge in [0, 0.05) is 32.2 Å². The quantitative estimate of drug-likeness (QED) is 0.0855. The summed E-state index contributed by atoms with van der Waals surface area (Å²) in [6.45, 7) is 10.5. The van der Waals surface area contributed by atoms with E-state index >= 15 is 4.79 Å². The Bertz CT molecular complexity index is 2040. The maximum atomic E-state index is 15.2. The number of alkyl carbamates (subject to hydrolysis) is 1. The lowest BCUT2D eigenvalue weighted by Gasteiger charge is -2.43. The van der Waals surface area contributed by atoms with Gasteiger partial charge in [0.1, 0.15) is 23.7 Å². The number of thioether (sulfide) groups is 2. The Labute approximate surface area is 374 Å². The van der Waals surface area contributed by atoms with Crippen LogP contribution < -0.4 is 10.6 Å². The second-order valence-corrected chi connectivity index (χ2v) is 19.1. The number of benzene rings is 4. The molecule has 4 aromatic rings. The van der Waals surface area contributed by atoms with Gasteiger partial charge in [-0.25, -0.2) is 9.59 Å². The second-order valence-electron chi connectivity index (χ2n) is 16.9. The highest BCUT2D eigenvalue weighted by molar-refractivity contribution is 8.00. The van der Waals surface area contributed by atoms with Gasteiger partial charge in [0.15, 0.2) is 0 Å². The standard InChI is InChI=1S/C49H60N4O7S2/c1-33(2)43(45(56)53-30-36-20-18-17-19-35(36)29-42(53)44(55)51-41(46(57)58)27-28-61-7)52(34(3)54)31-40(50-47(59)60-48(4,5)6)32-62-49(37-21-11-8-12-22-37,38-23-13-9-14-24-38)39-25-15-10-16-26-39/h8-26,33,40-43H,27-32H2,1-7H3,(H,50,59)(H,51,55)(H,57,58)/t40-,41+,42+,43+/m1/s1. The minimum absolute atomic E-state index is 0.0539. The number of hydrogen-bond acceptors (Lipinski definition) is 8. The summed E-state index contributed by atoms with van der Waals surface area (Å²) >= 11 is 3.09. The van der Waals surface area contributed by atoms with E-state index in [4.69, 9.17) is 4.74 Å². The highest BCUT2D eigenvalue weighted by Gasteiger charge is 2.44. The molecule has 4 aromatic carbocycles. The van der Waals surface area contributed by atoms with Crippen molar-refractivity contribution < 1.29 is 33.8 Å². The van der Waals surface area contributed by atoms with Crippen LogP contribution in [0.4, 0.5) is 4.79 Å². The summed E-state index contributed by atoms with van der Waals surface area (Å²) in [5, 5.41) is 15.8. The summed E-state index contributed by atoms with van der Waals surface area (Å²) in [6, 6.07) is 34.1. The van der Waals surface area contributed by atoms with E-state index in [-0.39, 0.29) is 37.6 Å². The van der Waals surface area contributed by atoms with Crippen molar-refractivity contribution in [3.05, 3.63) is 143 Å². The first-order valence-electron chi connectivity index (χ1n) is 21.0. The lowest BCUT2D eigenvalue weighted by Crippen LogP contribution is -2.62. The van der Waals surface area contributed by atoms with Crippen LogP contribution in [0.1, 0.15) is 75.8 Å². The fourth-order valence-corrected chi connectivity index (χ4v) is 10.0. The number of nitrogens with zero attached hydrogens (tertiary/aromatic N) is 2. The summed E-state index contributed by atoms with van der Waals surface area (Å²) in [7, 11) is 0. The average molecular weight is 881 g/mol. The van der Waals surface area contributed by atoms with E-state index in [9.17, 15) is 24.3 Å². The number of ether oxygens (including phenoxy) is 1. The topological polar surface area (TPSA) is 145 Å². The fraction of sp³-hybridized carbons (Fsp3) is 0.408. The third-order valence-electron chi connectivity index (χ3n) is 10.9. The van der Waals surface area contributed by atoms with Gasteiger partial charge in [0.2, 0.25) is 17.7 Å². The molecule has 330 valence electrons. The number of hydrogen-bond donors (Lipinski definition) is 3. The molecule has 4 atom stereocenters. The maximum Gasteiger partial charge on any atom is 0.407 e. The maximum absolute atomic E-state index is 15.2. The zero-order valence-corrected chi connectivity index (χ0v) is 38.3. The Balaban J connectivity index is 1.55. The molecule has 5 rings (SSSR count). The molecule has 0 saturated carbocycles. The van der Waals surface area contributed by atoms with E-state index in [1.807, 2.05) is 99.0 Å². The predicted molar refractivity (Wildman–Crippen MR) is 248 cm³/mol. The van der Waals surface area contributed by atoms with Crippen LogP contribution in [0.15, 0.2) is 115 Å². The van der Waals surface area contributed by atoms with Crippen LogP contribution in [0.5, 0.6) is 0 Å². The monoisotopic (exact) mass is 880 g/mol. The van der Waals surface area contributed by atoms with Gasteiger partial charge in [-0.05, 0) is 72.9 Å². The summed E-state index contributed by atoms with van der Waals surface area (Å²) in [5.41, 5.74) is 3.99. The molecular weight excluding hydrogens is 821 g/mol. The Morgan fingerprint density at radius 3 is 1.79 bits per heavy atom. The number of carboxylic acids is 1. The van der Waals surface area contributed by atoms with Crippen LogP contribution in [0.25, 0.3) is 0 Å². The molecule has 3 N–H and O–H groups in total. The Kier molecular flexibility index (Phi) is 16.7. The van der Waals surface area contributed by atoms with Gasteiger partial charge in [-0.3, -0.25) is 14.4 Å².